The second-order valence-electron chi connectivity index (χ2n) is 5.87. The van der Waals surface area contributed by atoms with Gasteiger partial charge >= 0.3 is 0 Å². The lowest BCUT2D eigenvalue weighted by molar-refractivity contribution is -0.117. The molecule has 0 radical (unpaired) electrons. The number of carbonyl (C=O) groups is 1. The highest BCUT2D eigenvalue weighted by atomic mass is 32.1. The predicted octanol–water partition coefficient (Wildman–Crippen LogP) is 3.82. The van der Waals surface area contributed by atoms with E-state index in [4.69, 9.17) is 0 Å². The van der Waals surface area contributed by atoms with Gasteiger partial charge in [0.2, 0.25) is 5.91 Å². The number of carbonyl (C=O) groups excluding carboxylic acids is 1. The Morgan fingerprint density at radius 3 is 2.79 bits per heavy atom. The Kier molecular flexibility index (Phi) is 3.75. The van der Waals surface area contributed by atoms with Crippen molar-refractivity contribution >= 4 is 22.9 Å². The molecule has 0 aliphatic rings. The monoisotopic (exact) mass is 277 g/mol. The minimum Gasteiger partial charge on any atom is -0.323 e. The third-order valence-corrected chi connectivity index (χ3v) is 3.38. The van der Waals surface area contributed by atoms with E-state index in [0.29, 0.717) is 6.42 Å². The number of aromatic amines is 1. The molecule has 0 saturated carbocycles. The van der Waals surface area contributed by atoms with Gasteiger partial charge in [-0.25, -0.2) is 0 Å². The number of amides is 1. The van der Waals surface area contributed by atoms with E-state index in [-0.39, 0.29) is 11.3 Å². The highest BCUT2D eigenvalue weighted by molar-refractivity contribution is 7.08. The third-order valence-electron chi connectivity index (χ3n) is 2.70. The summed E-state index contributed by atoms with van der Waals surface area (Å²) in [5.41, 5.74) is 3.47. The zero-order valence-corrected chi connectivity index (χ0v) is 12.5. The fraction of sp³-hybridized carbons (Fsp3) is 0.429. The van der Waals surface area contributed by atoms with E-state index in [1.165, 1.54) is 0 Å². The van der Waals surface area contributed by atoms with Gasteiger partial charge in [0.05, 0.1) is 11.4 Å². The smallest absolute Gasteiger partial charge is 0.225 e. The third kappa shape index (κ3) is 3.44. The van der Waals surface area contributed by atoms with Crippen molar-refractivity contribution in [3.05, 3.63) is 22.5 Å². The van der Waals surface area contributed by atoms with Crippen molar-refractivity contribution in [2.75, 3.05) is 5.32 Å². The summed E-state index contributed by atoms with van der Waals surface area (Å²) in [5.74, 6) is 0.0217. The number of anilines is 1. The molecule has 2 N–H and O–H groups in total. The molecule has 2 aromatic heterocycles. The number of aryl methyl sites for hydroxylation is 1. The van der Waals surface area contributed by atoms with Crippen LogP contribution in [0.2, 0.25) is 0 Å². The van der Waals surface area contributed by atoms with Crippen LogP contribution < -0.4 is 5.32 Å². The largest absolute Gasteiger partial charge is 0.323 e. The molecule has 0 unspecified atom stereocenters. The maximum absolute atomic E-state index is 12.0. The molecule has 0 bridgehead atoms. The zero-order chi connectivity index (χ0) is 14.0. The lowest BCUT2D eigenvalue weighted by atomic mass is 9.92. The summed E-state index contributed by atoms with van der Waals surface area (Å²) < 4.78 is 0. The van der Waals surface area contributed by atoms with Crippen LogP contribution in [0.25, 0.3) is 11.3 Å². The van der Waals surface area contributed by atoms with Gasteiger partial charge in [-0.05, 0) is 23.8 Å². The van der Waals surface area contributed by atoms with Crippen molar-refractivity contribution < 1.29 is 4.79 Å². The first-order valence-corrected chi connectivity index (χ1v) is 7.18. The van der Waals surface area contributed by atoms with Crippen molar-refractivity contribution in [2.45, 2.75) is 34.1 Å². The summed E-state index contributed by atoms with van der Waals surface area (Å²) in [6, 6.07) is 2.00. The van der Waals surface area contributed by atoms with Gasteiger partial charge in [-0.1, -0.05) is 20.8 Å². The normalized spacial score (nSPS) is 11.6. The molecule has 5 heteroatoms. The Morgan fingerprint density at radius 2 is 2.21 bits per heavy atom. The van der Waals surface area contributed by atoms with Crippen LogP contribution in [0.5, 0.6) is 0 Å². The van der Waals surface area contributed by atoms with Crippen LogP contribution in [-0.4, -0.2) is 16.1 Å². The van der Waals surface area contributed by atoms with E-state index in [9.17, 15) is 4.79 Å². The van der Waals surface area contributed by atoms with E-state index in [2.05, 4.69) is 36.3 Å². The van der Waals surface area contributed by atoms with E-state index in [1.54, 1.807) is 11.3 Å². The summed E-state index contributed by atoms with van der Waals surface area (Å²) in [6.45, 7) is 8.06. The summed E-state index contributed by atoms with van der Waals surface area (Å²) in [5, 5.41) is 14.2. The Balaban J connectivity index is 2.21. The molecule has 0 saturated heterocycles. The van der Waals surface area contributed by atoms with Crippen molar-refractivity contribution in [3.8, 4) is 11.3 Å². The van der Waals surface area contributed by atoms with Gasteiger partial charge in [0.25, 0.3) is 0 Å². The fourth-order valence-electron chi connectivity index (χ4n) is 1.86. The number of hydrogen-bond acceptors (Lipinski definition) is 3. The first kappa shape index (κ1) is 13.8. The number of aromatic nitrogens is 2. The van der Waals surface area contributed by atoms with E-state index in [0.717, 1.165) is 22.6 Å². The van der Waals surface area contributed by atoms with Crippen LogP contribution in [0.4, 0.5) is 5.69 Å². The maximum atomic E-state index is 12.0. The Morgan fingerprint density at radius 1 is 1.47 bits per heavy atom. The molecule has 0 spiro atoms. The maximum Gasteiger partial charge on any atom is 0.225 e. The number of H-pyrrole nitrogens is 1. The second kappa shape index (κ2) is 5.17. The SMILES string of the molecule is Cc1[nH]nc(-c2ccsc2)c1NC(=O)CC(C)(C)C. The Bertz CT molecular complexity index is 564. The quantitative estimate of drug-likeness (QED) is 0.896. The molecule has 0 aromatic carbocycles. The molecule has 0 fully saturated rings. The van der Waals surface area contributed by atoms with E-state index < -0.39 is 0 Å². The summed E-state index contributed by atoms with van der Waals surface area (Å²) in [7, 11) is 0. The Hall–Kier alpha value is -1.62. The van der Waals surface area contributed by atoms with Gasteiger partial charge < -0.3 is 5.32 Å². The van der Waals surface area contributed by atoms with Crippen LogP contribution in [0.1, 0.15) is 32.9 Å². The molecule has 0 atom stereocenters. The minimum atomic E-state index is -0.0235. The second-order valence-corrected chi connectivity index (χ2v) is 6.65. The van der Waals surface area contributed by atoms with Gasteiger partial charge in [0, 0.05) is 17.4 Å². The number of nitrogens with zero attached hydrogens (tertiary/aromatic N) is 1. The molecular weight excluding hydrogens is 258 g/mol. The number of rotatable bonds is 3. The molecule has 19 heavy (non-hydrogen) atoms. The average Bonchev–Trinajstić information content (AvgIpc) is 2.87. The number of thiophene rings is 1. The highest BCUT2D eigenvalue weighted by Gasteiger charge is 2.19. The molecule has 102 valence electrons. The standard InChI is InChI=1S/C14H19N3OS/c1-9-12(15-11(18)7-14(2,3)4)13(17-16-9)10-5-6-19-8-10/h5-6,8H,7H2,1-4H3,(H,15,18)(H,16,17). The molecule has 4 nitrogen and oxygen atoms in total. The van der Waals surface area contributed by atoms with E-state index in [1.807, 2.05) is 23.8 Å². The van der Waals surface area contributed by atoms with Crippen LogP contribution in [0, 0.1) is 12.3 Å². The molecule has 0 aliphatic carbocycles. The minimum absolute atomic E-state index is 0.0217. The first-order chi connectivity index (χ1) is 8.87. The summed E-state index contributed by atoms with van der Waals surface area (Å²) in [6.07, 6.45) is 0.487. The first-order valence-electron chi connectivity index (χ1n) is 6.24. The van der Waals surface area contributed by atoms with Crippen molar-refractivity contribution in [1.29, 1.82) is 0 Å². The molecule has 2 heterocycles. The summed E-state index contributed by atoms with van der Waals surface area (Å²) >= 11 is 1.61. The van der Waals surface area contributed by atoms with Crippen molar-refractivity contribution in [1.82, 2.24) is 10.2 Å². The van der Waals surface area contributed by atoms with Crippen molar-refractivity contribution in [2.24, 2.45) is 5.41 Å². The summed E-state index contributed by atoms with van der Waals surface area (Å²) in [4.78, 5) is 12.0. The molecule has 0 aliphatic heterocycles. The zero-order valence-electron chi connectivity index (χ0n) is 11.7. The number of hydrogen-bond donors (Lipinski definition) is 2. The molecule has 2 rings (SSSR count). The molecule has 1 amide bonds. The van der Waals surface area contributed by atoms with Crippen LogP contribution in [-0.2, 0) is 4.79 Å². The van der Waals surface area contributed by atoms with E-state index >= 15 is 0 Å². The number of nitrogens with one attached hydrogen (secondary N) is 2. The van der Waals surface area contributed by atoms with Crippen LogP contribution >= 0.6 is 11.3 Å². The van der Waals surface area contributed by atoms with Gasteiger partial charge in [0.15, 0.2) is 0 Å². The van der Waals surface area contributed by atoms with Gasteiger partial charge in [0.1, 0.15) is 5.69 Å². The molecular formula is C14H19N3OS. The lowest BCUT2D eigenvalue weighted by Gasteiger charge is -2.17. The van der Waals surface area contributed by atoms with Crippen molar-refractivity contribution in [3.63, 3.8) is 0 Å². The fourth-order valence-corrected chi connectivity index (χ4v) is 2.50. The lowest BCUT2D eigenvalue weighted by Crippen LogP contribution is -2.20. The van der Waals surface area contributed by atoms with Gasteiger partial charge in [-0.2, -0.15) is 16.4 Å². The van der Waals surface area contributed by atoms with Gasteiger partial charge in [-0.15, -0.1) is 0 Å². The Labute approximate surface area is 117 Å². The molecule has 2 aromatic rings. The predicted molar refractivity (Wildman–Crippen MR) is 79.3 cm³/mol. The van der Waals surface area contributed by atoms with Gasteiger partial charge in [-0.3, -0.25) is 9.89 Å². The topological polar surface area (TPSA) is 57.8 Å². The average molecular weight is 277 g/mol. The van der Waals surface area contributed by atoms with Crippen LogP contribution in [0.3, 0.4) is 0 Å². The highest BCUT2D eigenvalue weighted by Crippen LogP contribution is 2.30. The van der Waals surface area contributed by atoms with Crippen LogP contribution in [0.15, 0.2) is 16.8 Å².